The van der Waals surface area contributed by atoms with Gasteiger partial charge in [0, 0.05) is 75.4 Å². The lowest BCUT2D eigenvalue weighted by Crippen LogP contribution is -2.72. The van der Waals surface area contributed by atoms with Gasteiger partial charge in [-0.05, 0) is 92.5 Å². The molecule has 2 N–H and O–H groups in total. The van der Waals surface area contributed by atoms with E-state index in [2.05, 4.69) is 30.2 Å². The summed E-state index contributed by atoms with van der Waals surface area (Å²) in [5.74, 6) is -2.94. The zero-order valence-corrected chi connectivity index (χ0v) is 29.5. The first-order chi connectivity index (χ1) is 25.9. The van der Waals surface area contributed by atoms with Crippen LogP contribution in [0.3, 0.4) is 0 Å². The lowest BCUT2D eigenvalue weighted by molar-refractivity contribution is -0.174. The van der Waals surface area contributed by atoms with Gasteiger partial charge in [-0.2, -0.15) is 13.2 Å². The summed E-state index contributed by atoms with van der Waals surface area (Å²) >= 11 is 0. The van der Waals surface area contributed by atoms with Crippen LogP contribution < -0.4 is 19.9 Å². The van der Waals surface area contributed by atoms with Gasteiger partial charge in [-0.15, -0.1) is 0 Å². The Balaban J connectivity index is 0.990. The Morgan fingerprint density at radius 3 is 2.33 bits per heavy atom. The van der Waals surface area contributed by atoms with E-state index in [9.17, 15) is 27.9 Å². The van der Waals surface area contributed by atoms with Crippen LogP contribution >= 0.6 is 0 Å². The highest BCUT2D eigenvalue weighted by Gasteiger charge is 2.67. The van der Waals surface area contributed by atoms with Crippen LogP contribution in [0.5, 0.6) is 5.75 Å². The maximum Gasteiger partial charge on any atom is 0.434 e. The molecule has 2 aromatic heterocycles. The number of aromatic nitrogens is 4. The number of hydrogen-bond acceptors (Lipinski definition) is 10. The first-order valence-electron chi connectivity index (χ1n) is 18.7. The van der Waals surface area contributed by atoms with Crippen molar-refractivity contribution in [3.05, 3.63) is 59.7 Å². The number of alkyl halides is 4. The molecule has 4 saturated carbocycles. The minimum Gasteiger partial charge on any atom is -0.490 e. The lowest BCUT2D eigenvalue weighted by atomic mass is 9.47. The number of halogens is 4. The van der Waals surface area contributed by atoms with Gasteiger partial charge in [0.1, 0.15) is 23.1 Å². The maximum absolute atomic E-state index is 15.5. The second-order valence-corrected chi connectivity index (χ2v) is 16.1. The molecular formula is C38H41F4N7O5. The minimum absolute atomic E-state index is 0.0103. The maximum atomic E-state index is 15.5. The smallest absolute Gasteiger partial charge is 0.434 e. The Morgan fingerprint density at radius 1 is 0.981 bits per heavy atom. The molecule has 16 heteroatoms. The second kappa shape index (κ2) is 12.7. The number of ether oxygens (including phenoxy) is 2. The normalized spacial score (nSPS) is 30.0. The van der Waals surface area contributed by atoms with E-state index >= 15 is 4.39 Å². The summed E-state index contributed by atoms with van der Waals surface area (Å²) in [5, 5.41) is 12.9. The van der Waals surface area contributed by atoms with Crippen molar-refractivity contribution in [1.29, 1.82) is 0 Å². The quantitative estimate of drug-likeness (QED) is 0.290. The van der Waals surface area contributed by atoms with Gasteiger partial charge >= 0.3 is 12.1 Å². The van der Waals surface area contributed by atoms with Crippen molar-refractivity contribution in [2.45, 2.75) is 86.7 Å². The molecule has 54 heavy (non-hydrogen) atoms. The van der Waals surface area contributed by atoms with Crippen molar-refractivity contribution in [2.24, 2.45) is 17.8 Å². The highest BCUT2D eigenvalue weighted by Crippen LogP contribution is 2.61. The average molecular weight is 752 g/mol. The summed E-state index contributed by atoms with van der Waals surface area (Å²) in [6.45, 7) is 2.72. The fraction of sp³-hybridized carbons (Fsp3) is 0.579. The topological polar surface area (TPSA) is 143 Å². The number of rotatable bonds is 7. The second-order valence-electron chi connectivity index (χ2n) is 16.1. The molecule has 1 spiro atoms. The summed E-state index contributed by atoms with van der Waals surface area (Å²) in [4.78, 5) is 47.4. The standard InChI is InChI=1S/C38H41F4N7O5/c39-36-17-22-14-23(18-36)37(32(51)52,24(15-22)19-36)47-31(50)27-20-45-34(46-30(27)38(40,41)42)49-21-35(6-12-53-13-7-35)28-16-26(2-3-29(28)49)54-25-4-10-48(11-5-25)33-43-8-1-9-44-33/h1-3,8-9,16,20,22-25H,4-7,10-15,17-19,21H2,(H,47,50)(H,51,52)/t22?,23-,24+,36?,37?. The number of fused-ring (bicyclic) bond motifs is 2. The van der Waals surface area contributed by atoms with Crippen LogP contribution in [0.15, 0.2) is 42.9 Å². The van der Waals surface area contributed by atoms with Crippen molar-refractivity contribution in [3.63, 3.8) is 0 Å². The predicted octanol–water partition coefficient (Wildman–Crippen LogP) is 5.63. The van der Waals surface area contributed by atoms with Gasteiger partial charge < -0.3 is 29.7 Å². The third-order valence-electron chi connectivity index (χ3n) is 12.9. The summed E-state index contributed by atoms with van der Waals surface area (Å²) in [6.07, 6.45) is 2.99. The number of hydrogen-bond donors (Lipinski definition) is 2. The summed E-state index contributed by atoms with van der Waals surface area (Å²) in [5.41, 5.74) is -4.62. The molecule has 2 saturated heterocycles. The molecule has 1 aromatic carbocycles. The van der Waals surface area contributed by atoms with E-state index < -0.39 is 57.8 Å². The molecule has 0 radical (unpaired) electrons. The molecule has 286 valence electrons. The van der Waals surface area contributed by atoms with E-state index in [4.69, 9.17) is 9.47 Å². The number of piperidine rings is 1. The van der Waals surface area contributed by atoms with Gasteiger partial charge in [-0.3, -0.25) is 4.79 Å². The SMILES string of the molecule is O=C(NC1(C(=O)O)[C@@H]2CC3C[C@H]1CC(F)(C3)C2)c1cnc(N2CC3(CCOCC3)c3cc(OC4CCN(c5ncccn5)CC4)ccc32)nc1C(F)(F)F. The monoisotopic (exact) mass is 751 g/mol. The van der Waals surface area contributed by atoms with Gasteiger partial charge in [0.15, 0.2) is 5.69 Å². The van der Waals surface area contributed by atoms with Crippen LogP contribution in [0.25, 0.3) is 0 Å². The zero-order chi connectivity index (χ0) is 37.5. The molecule has 6 fully saturated rings. The average Bonchev–Trinajstić information content (AvgIpc) is 3.45. The highest BCUT2D eigenvalue weighted by molar-refractivity contribution is 5.99. The fourth-order valence-electron chi connectivity index (χ4n) is 10.6. The number of aliphatic carboxylic acids is 1. The number of carbonyl (C=O) groups excluding carboxylic acids is 1. The molecule has 12 nitrogen and oxygen atoms in total. The van der Waals surface area contributed by atoms with E-state index in [1.54, 1.807) is 29.4 Å². The van der Waals surface area contributed by atoms with Crippen LogP contribution in [0.2, 0.25) is 0 Å². The van der Waals surface area contributed by atoms with Gasteiger partial charge in [0.2, 0.25) is 11.9 Å². The molecule has 7 aliphatic rings. The van der Waals surface area contributed by atoms with Gasteiger partial charge in [-0.25, -0.2) is 29.1 Å². The van der Waals surface area contributed by atoms with Crippen molar-refractivity contribution >= 4 is 29.5 Å². The number of anilines is 3. The van der Waals surface area contributed by atoms with Crippen LogP contribution in [0.1, 0.15) is 79.4 Å². The number of carboxylic acids is 1. The van der Waals surface area contributed by atoms with Crippen molar-refractivity contribution in [1.82, 2.24) is 25.3 Å². The molecule has 3 aromatic rings. The number of carboxylic acid groups (broad SMARTS) is 1. The molecule has 3 unspecified atom stereocenters. The largest absolute Gasteiger partial charge is 0.490 e. The van der Waals surface area contributed by atoms with Crippen molar-refractivity contribution < 1.29 is 41.7 Å². The molecule has 5 heterocycles. The van der Waals surface area contributed by atoms with E-state index in [1.165, 1.54) is 0 Å². The highest BCUT2D eigenvalue weighted by atomic mass is 19.4. The zero-order valence-electron chi connectivity index (χ0n) is 29.5. The molecule has 4 aliphatic carbocycles. The van der Waals surface area contributed by atoms with E-state index in [-0.39, 0.29) is 30.8 Å². The summed E-state index contributed by atoms with van der Waals surface area (Å²) in [7, 11) is 0. The molecule has 3 aliphatic heterocycles. The molecule has 1 amide bonds. The number of nitrogens with one attached hydrogen (secondary N) is 1. The van der Waals surface area contributed by atoms with Gasteiger partial charge in [0.05, 0.1) is 5.56 Å². The Bertz CT molecular complexity index is 1940. The van der Waals surface area contributed by atoms with Crippen LogP contribution in [-0.4, -0.2) is 87.1 Å². The van der Waals surface area contributed by atoms with Crippen LogP contribution in [0, 0.1) is 17.8 Å². The molecule has 10 rings (SSSR count). The van der Waals surface area contributed by atoms with Crippen molar-refractivity contribution in [3.8, 4) is 5.75 Å². The Labute approximate surface area is 308 Å². The number of nitrogens with zero attached hydrogens (tertiary/aromatic N) is 6. The van der Waals surface area contributed by atoms with Gasteiger partial charge in [0.25, 0.3) is 5.91 Å². The Kier molecular flexibility index (Phi) is 8.28. The third-order valence-corrected chi connectivity index (χ3v) is 12.9. The first kappa shape index (κ1) is 35.1. The minimum atomic E-state index is -5.06. The summed E-state index contributed by atoms with van der Waals surface area (Å²) < 4.78 is 72.0. The third kappa shape index (κ3) is 5.82. The number of amides is 1. The van der Waals surface area contributed by atoms with E-state index in [0.717, 1.165) is 37.7 Å². The number of carbonyl (C=O) groups is 2. The van der Waals surface area contributed by atoms with E-state index in [1.807, 2.05) is 12.1 Å². The van der Waals surface area contributed by atoms with Crippen LogP contribution in [0.4, 0.5) is 35.1 Å². The summed E-state index contributed by atoms with van der Waals surface area (Å²) in [6, 6.07) is 7.37. The molecule has 5 atom stereocenters. The molecular weight excluding hydrogens is 710 g/mol. The Hall–Kier alpha value is -4.60. The Morgan fingerprint density at radius 2 is 1.69 bits per heavy atom. The van der Waals surface area contributed by atoms with Crippen molar-refractivity contribution in [2.75, 3.05) is 42.6 Å². The van der Waals surface area contributed by atoms with Crippen LogP contribution in [-0.2, 0) is 21.1 Å². The van der Waals surface area contributed by atoms with E-state index in [0.29, 0.717) is 69.2 Å². The van der Waals surface area contributed by atoms with Gasteiger partial charge in [-0.1, -0.05) is 0 Å². The predicted molar refractivity (Wildman–Crippen MR) is 185 cm³/mol. The fourth-order valence-corrected chi connectivity index (χ4v) is 10.6. The lowest BCUT2D eigenvalue weighted by Gasteiger charge is -2.61. The first-order valence-corrected chi connectivity index (χ1v) is 18.7. The number of benzene rings is 1. The molecule has 4 bridgehead atoms.